The maximum absolute atomic E-state index is 12.3. The van der Waals surface area contributed by atoms with E-state index in [4.69, 9.17) is 4.11 Å². The van der Waals surface area contributed by atoms with E-state index in [1.165, 1.54) is 0 Å². The molecule has 0 bridgehead atoms. The first-order valence-electron chi connectivity index (χ1n) is 3.95. The molecule has 0 radical (unpaired) electrons. The molecule has 0 spiro atoms. The molecule has 0 atom stereocenters. The summed E-state index contributed by atoms with van der Waals surface area (Å²) in [4.78, 5) is 3.26. The number of hydrogen-bond acceptors (Lipinski definition) is 1. The molecule has 0 N–H and O–H groups in total. The number of rotatable bonds is 0. The van der Waals surface area contributed by atoms with Crippen LogP contribution < -0.4 is 0 Å². The van der Waals surface area contributed by atoms with E-state index in [1.54, 1.807) is 0 Å². The minimum atomic E-state index is -4.81. The van der Waals surface area contributed by atoms with Gasteiger partial charge in [0.1, 0.15) is 4.60 Å². The van der Waals surface area contributed by atoms with Crippen molar-refractivity contribution in [3.05, 3.63) is 28.4 Å². The van der Waals surface area contributed by atoms with Gasteiger partial charge in [-0.15, -0.1) is 0 Å². The van der Waals surface area contributed by atoms with Crippen LogP contribution in [-0.2, 0) is 6.18 Å². The average molecular weight is 229 g/mol. The van der Waals surface area contributed by atoms with Crippen LogP contribution in [0.4, 0.5) is 13.2 Å². The maximum atomic E-state index is 12.3. The SMILES string of the molecule is [2H]c1nc(Br)c([2H])c(C(F)(F)F)c1[2H]. The zero-order valence-electron chi connectivity index (χ0n) is 7.96. The Hall–Kier alpha value is -0.580. The standard InChI is InChI=1S/C6H3BrF3N/c7-5-3-4(1-2-11-5)6(8,9)10/h1-3H/i1D,2D,3D. The highest BCUT2D eigenvalue weighted by molar-refractivity contribution is 9.10. The van der Waals surface area contributed by atoms with Crippen molar-refractivity contribution in [3.63, 3.8) is 0 Å². The molecule has 0 saturated heterocycles. The molecular weight excluding hydrogens is 223 g/mol. The highest BCUT2D eigenvalue weighted by atomic mass is 79.9. The Morgan fingerprint density at radius 1 is 1.55 bits per heavy atom. The molecule has 0 aromatic carbocycles. The molecule has 1 rings (SSSR count). The second-order valence-electron chi connectivity index (χ2n) is 1.64. The lowest BCUT2D eigenvalue weighted by Gasteiger charge is -2.04. The lowest BCUT2D eigenvalue weighted by molar-refractivity contribution is -0.137. The second-order valence-corrected chi connectivity index (χ2v) is 2.39. The van der Waals surface area contributed by atoms with Crippen LogP contribution in [0.1, 0.15) is 9.68 Å². The van der Waals surface area contributed by atoms with Crippen molar-refractivity contribution in [1.82, 2.24) is 4.98 Å². The van der Waals surface area contributed by atoms with E-state index in [0.29, 0.717) is 0 Å². The third-order valence-corrected chi connectivity index (χ3v) is 1.22. The molecule has 1 aromatic heterocycles. The van der Waals surface area contributed by atoms with Crippen LogP contribution in [0, 0.1) is 0 Å². The quantitative estimate of drug-likeness (QED) is 0.623. The topological polar surface area (TPSA) is 12.9 Å². The summed E-state index contributed by atoms with van der Waals surface area (Å²) >= 11 is 2.62. The van der Waals surface area contributed by atoms with Crippen molar-refractivity contribution in [2.75, 3.05) is 0 Å². The Balaban J connectivity index is 3.56. The molecule has 0 amide bonds. The van der Waals surface area contributed by atoms with Crippen LogP contribution in [0.5, 0.6) is 0 Å². The van der Waals surface area contributed by atoms with Gasteiger partial charge < -0.3 is 0 Å². The normalized spacial score (nSPS) is 15.5. The Kier molecular flexibility index (Phi) is 1.31. The molecule has 0 fully saturated rings. The minimum Gasteiger partial charge on any atom is -0.249 e. The molecular formula is C6H3BrF3N. The zero-order valence-corrected chi connectivity index (χ0v) is 6.55. The highest BCUT2D eigenvalue weighted by Gasteiger charge is 2.30. The van der Waals surface area contributed by atoms with E-state index in [0.717, 1.165) is 0 Å². The van der Waals surface area contributed by atoms with E-state index >= 15 is 0 Å². The number of nitrogens with zero attached hydrogens (tertiary/aromatic N) is 1. The summed E-state index contributed by atoms with van der Waals surface area (Å²) in [7, 11) is 0. The zero-order chi connectivity index (χ0) is 11.1. The summed E-state index contributed by atoms with van der Waals surface area (Å²) in [6, 6.07) is -2.00. The van der Waals surface area contributed by atoms with Gasteiger partial charge in [0, 0.05) is 6.17 Å². The first-order chi connectivity index (χ1) is 6.25. The monoisotopic (exact) mass is 228 g/mol. The fourth-order valence-electron chi connectivity index (χ4n) is 0.437. The van der Waals surface area contributed by atoms with Crippen molar-refractivity contribution in [3.8, 4) is 0 Å². The van der Waals surface area contributed by atoms with Crippen LogP contribution >= 0.6 is 15.9 Å². The number of pyridine rings is 1. The molecule has 1 aromatic rings. The molecule has 5 heteroatoms. The lowest BCUT2D eigenvalue weighted by atomic mass is 10.3. The van der Waals surface area contributed by atoms with Crippen molar-refractivity contribution < 1.29 is 17.3 Å². The summed E-state index contributed by atoms with van der Waals surface area (Å²) in [5.74, 6) is 0. The molecule has 0 saturated carbocycles. The summed E-state index contributed by atoms with van der Waals surface area (Å²) in [5.41, 5.74) is -1.44. The van der Waals surface area contributed by atoms with Crippen molar-refractivity contribution in [2.45, 2.75) is 6.18 Å². The number of halogens is 4. The Labute approximate surface area is 73.6 Å². The minimum absolute atomic E-state index is 0.383. The summed E-state index contributed by atoms with van der Waals surface area (Å²) < 4.78 is 57.5. The van der Waals surface area contributed by atoms with Gasteiger partial charge in [-0.2, -0.15) is 13.2 Å². The predicted molar refractivity (Wildman–Crippen MR) is 36.9 cm³/mol. The van der Waals surface area contributed by atoms with Gasteiger partial charge in [-0.25, -0.2) is 4.98 Å². The molecule has 60 valence electrons. The molecule has 0 aliphatic rings. The van der Waals surface area contributed by atoms with Crippen LogP contribution in [0.25, 0.3) is 0 Å². The lowest BCUT2D eigenvalue weighted by Crippen LogP contribution is -2.04. The van der Waals surface area contributed by atoms with Crippen molar-refractivity contribution >= 4 is 15.9 Å². The van der Waals surface area contributed by atoms with Gasteiger partial charge in [-0.1, -0.05) is 0 Å². The smallest absolute Gasteiger partial charge is 0.249 e. The van der Waals surface area contributed by atoms with E-state index < -0.39 is 30.0 Å². The van der Waals surface area contributed by atoms with Crippen LogP contribution in [-0.4, -0.2) is 4.98 Å². The Bertz CT molecular complexity index is 353. The summed E-state index contributed by atoms with van der Waals surface area (Å²) in [6.07, 6.45) is -5.62. The third kappa shape index (κ3) is 2.18. The Morgan fingerprint density at radius 2 is 2.18 bits per heavy atom. The van der Waals surface area contributed by atoms with Crippen LogP contribution in [0.15, 0.2) is 22.9 Å². The van der Waals surface area contributed by atoms with Gasteiger partial charge >= 0.3 is 6.18 Å². The average Bonchev–Trinajstić information content (AvgIpc) is 1.98. The fraction of sp³-hybridized carbons (Fsp3) is 0.167. The molecule has 0 unspecified atom stereocenters. The first-order valence-corrected chi connectivity index (χ1v) is 3.25. The van der Waals surface area contributed by atoms with Gasteiger partial charge in [-0.05, 0) is 28.0 Å². The highest BCUT2D eigenvalue weighted by Crippen LogP contribution is 2.29. The fourth-order valence-corrected chi connectivity index (χ4v) is 0.724. The molecule has 1 nitrogen and oxygen atoms in total. The predicted octanol–water partition coefficient (Wildman–Crippen LogP) is 2.86. The van der Waals surface area contributed by atoms with Crippen molar-refractivity contribution in [2.24, 2.45) is 0 Å². The van der Waals surface area contributed by atoms with Crippen molar-refractivity contribution in [1.29, 1.82) is 0 Å². The van der Waals surface area contributed by atoms with E-state index in [1.807, 2.05) is 0 Å². The molecule has 0 aliphatic heterocycles. The van der Waals surface area contributed by atoms with E-state index in [2.05, 4.69) is 20.9 Å². The number of aromatic nitrogens is 1. The number of alkyl halides is 3. The van der Waals surface area contributed by atoms with Gasteiger partial charge in [0.2, 0.25) is 0 Å². The molecule has 11 heavy (non-hydrogen) atoms. The Morgan fingerprint density at radius 3 is 2.73 bits per heavy atom. The van der Waals surface area contributed by atoms with Crippen LogP contribution in [0.2, 0.25) is 0 Å². The van der Waals surface area contributed by atoms with Gasteiger partial charge in [0.05, 0.1) is 9.68 Å². The largest absolute Gasteiger partial charge is 0.416 e. The van der Waals surface area contributed by atoms with E-state index in [9.17, 15) is 13.2 Å². The van der Waals surface area contributed by atoms with Gasteiger partial charge in [-0.3, -0.25) is 0 Å². The van der Waals surface area contributed by atoms with Gasteiger partial charge in [0.25, 0.3) is 0 Å². The number of hydrogen-bond donors (Lipinski definition) is 0. The first kappa shape index (κ1) is 5.13. The van der Waals surface area contributed by atoms with Crippen LogP contribution in [0.3, 0.4) is 0 Å². The summed E-state index contributed by atoms with van der Waals surface area (Å²) in [6.45, 7) is 0. The maximum Gasteiger partial charge on any atom is 0.416 e. The molecule has 1 heterocycles. The molecule has 0 aliphatic carbocycles. The van der Waals surface area contributed by atoms with Gasteiger partial charge in [0.15, 0.2) is 0 Å². The second kappa shape index (κ2) is 2.81. The summed E-state index contributed by atoms with van der Waals surface area (Å²) in [5, 5.41) is 0. The third-order valence-electron chi connectivity index (χ3n) is 0.847. The van der Waals surface area contributed by atoms with E-state index in [-0.39, 0.29) is 4.60 Å².